The highest BCUT2D eigenvalue weighted by Gasteiger charge is 2.28. The Balaban J connectivity index is 2.22. The van der Waals surface area contributed by atoms with Gasteiger partial charge in [-0.1, -0.05) is 44.4 Å². The maximum atomic E-state index is 6.11. The number of ether oxygens (including phenoxy) is 1. The largest absolute Gasteiger partial charge is 0.496 e. The number of halogens is 1. The predicted octanol–water partition coefficient (Wildman–Crippen LogP) is 5.22. The minimum absolute atomic E-state index is 0.379. The molecule has 1 atom stereocenters. The molecule has 3 heteroatoms. The summed E-state index contributed by atoms with van der Waals surface area (Å²) in [6, 6.07) is 6.42. The lowest BCUT2D eigenvalue weighted by molar-refractivity contribution is 0.228. The molecule has 0 spiro atoms. The highest BCUT2D eigenvalue weighted by atomic mass is 35.5. The van der Waals surface area contributed by atoms with Gasteiger partial charge in [-0.15, -0.1) is 0 Å². The molecule has 118 valence electrons. The molecule has 1 saturated carbocycles. The van der Waals surface area contributed by atoms with Crippen molar-refractivity contribution in [3.05, 3.63) is 28.8 Å². The van der Waals surface area contributed by atoms with Gasteiger partial charge in [0.15, 0.2) is 0 Å². The third-order valence-corrected chi connectivity index (χ3v) is 4.91. The second-order valence-corrected chi connectivity index (χ2v) is 6.77. The van der Waals surface area contributed by atoms with Crippen LogP contribution in [0.15, 0.2) is 18.2 Å². The molecule has 1 fully saturated rings. The highest BCUT2D eigenvalue weighted by molar-refractivity contribution is 6.30. The summed E-state index contributed by atoms with van der Waals surface area (Å²) < 4.78 is 5.57. The van der Waals surface area contributed by atoms with Crippen molar-refractivity contribution in [1.29, 1.82) is 0 Å². The zero-order valence-corrected chi connectivity index (χ0v) is 14.2. The van der Waals surface area contributed by atoms with E-state index in [-0.39, 0.29) is 0 Å². The number of benzene rings is 1. The first-order chi connectivity index (χ1) is 10.2. The standard InChI is InChI=1S/C18H28ClNO/c1-4-11-20-18(14-7-5-13(2)6-8-14)16-10-9-15(19)12-17(16)21-3/h9-10,12-14,18,20H,4-8,11H2,1-3H3. The molecule has 1 aliphatic rings. The molecule has 2 rings (SSSR count). The summed E-state index contributed by atoms with van der Waals surface area (Å²) in [5.41, 5.74) is 1.26. The van der Waals surface area contributed by atoms with Crippen molar-refractivity contribution in [2.24, 2.45) is 11.8 Å². The monoisotopic (exact) mass is 309 g/mol. The van der Waals surface area contributed by atoms with Crippen LogP contribution in [0.2, 0.25) is 5.02 Å². The third-order valence-electron chi connectivity index (χ3n) is 4.68. The molecule has 0 aliphatic heterocycles. The van der Waals surface area contributed by atoms with E-state index in [0.29, 0.717) is 12.0 Å². The number of hydrogen-bond donors (Lipinski definition) is 1. The molecule has 2 nitrogen and oxygen atoms in total. The van der Waals surface area contributed by atoms with Gasteiger partial charge in [0.1, 0.15) is 5.75 Å². The fraction of sp³-hybridized carbons (Fsp3) is 0.667. The fourth-order valence-corrected chi connectivity index (χ4v) is 3.55. The molecule has 1 N–H and O–H groups in total. The van der Waals surface area contributed by atoms with E-state index in [9.17, 15) is 0 Å². The number of methoxy groups -OCH3 is 1. The lowest BCUT2D eigenvalue weighted by atomic mass is 9.77. The Morgan fingerprint density at radius 2 is 2.00 bits per heavy atom. The summed E-state index contributed by atoms with van der Waals surface area (Å²) in [5, 5.41) is 4.48. The Kier molecular flexibility index (Phi) is 6.38. The Labute approximate surface area is 134 Å². The van der Waals surface area contributed by atoms with Gasteiger partial charge < -0.3 is 10.1 Å². The van der Waals surface area contributed by atoms with E-state index in [1.807, 2.05) is 12.1 Å². The Bertz CT molecular complexity index is 441. The maximum absolute atomic E-state index is 6.11. The van der Waals surface area contributed by atoms with Crippen LogP contribution < -0.4 is 10.1 Å². The molecule has 0 radical (unpaired) electrons. The van der Waals surface area contributed by atoms with Crippen LogP contribution in [0.3, 0.4) is 0 Å². The van der Waals surface area contributed by atoms with Crippen molar-refractivity contribution in [2.45, 2.75) is 52.0 Å². The summed E-state index contributed by atoms with van der Waals surface area (Å²) >= 11 is 6.11. The van der Waals surface area contributed by atoms with Gasteiger partial charge in [0.05, 0.1) is 7.11 Å². The van der Waals surface area contributed by atoms with Crippen LogP contribution in [-0.2, 0) is 0 Å². The van der Waals surface area contributed by atoms with Crippen molar-refractivity contribution < 1.29 is 4.74 Å². The van der Waals surface area contributed by atoms with Crippen molar-refractivity contribution >= 4 is 11.6 Å². The molecular formula is C18H28ClNO. The molecule has 0 bridgehead atoms. The molecule has 0 saturated heterocycles. The van der Waals surface area contributed by atoms with Crippen molar-refractivity contribution in [3.8, 4) is 5.75 Å². The first-order valence-corrected chi connectivity index (χ1v) is 8.60. The van der Waals surface area contributed by atoms with Crippen molar-refractivity contribution in [2.75, 3.05) is 13.7 Å². The van der Waals surface area contributed by atoms with Gasteiger partial charge in [-0.2, -0.15) is 0 Å². The zero-order chi connectivity index (χ0) is 15.2. The summed E-state index contributed by atoms with van der Waals surface area (Å²) in [6.45, 7) is 5.63. The second-order valence-electron chi connectivity index (χ2n) is 6.34. The van der Waals surface area contributed by atoms with E-state index >= 15 is 0 Å². The summed E-state index contributed by atoms with van der Waals surface area (Å²) in [7, 11) is 1.73. The maximum Gasteiger partial charge on any atom is 0.125 e. The second kappa shape index (κ2) is 8.05. The molecule has 0 aromatic heterocycles. The fourth-order valence-electron chi connectivity index (χ4n) is 3.39. The van der Waals surface area contributed by atoms with Gasteiger partial charge in [-0.05, 0) is 49.8 Å². The average Bonchev–Trinajstić information content (AvgIpc) is 2.50. The van der Waals surface area contributed by atoms with Crippen LogP contribution in [0.1, 0.15) is 57.6 Å². The van der Waals surface area contributed by atoms with Crippen LogP contribution in [0.4, 0.5) is 0 Å². The van der Waals surface area contributed by atoms with E-state index in [2.05, 4.69) is 25.2 Å². The molecule has 1 unspecified atom stereocenters. The first kappa shape index (κ1) is 16.6. The lowest BCUT2D eigenvalue weighted by Gasteiger charge is -2.34. The van der Waals surface area contributed by atoms with Gasteiger partial charge in [0.25, 0.3) is 0 Å². The molecule has 21 heavy (non-hydrogen) atoms. The Hall–Kier alpha value is -0.730. The van der Waals surface area contributed by atoms with Crippen LogP contribution in [0.5, 0.6) is 5.75 Å². The number of rotatable bonds is 6. The molecule has 0 heterocycles. The topological polar surface area (TPSA) is 21.3 Å². The summed E-state index contributed by atoms with van der Waals surface area (Å²) in [6.07, 6.45) is 6.42. The number of nitrogens with one attached hydrogen (secondary N) is 1. The molecule has 1 aromatic rings. The van der Waals surface area contributed by atoms with E-state index in [1.54, 1.807) is 7.11 Å². The molecular weight excluding hydrogens is 282 g/mol. The summed E-state index contributed by atoms with van der Waals surface area (Å²) in [4.78, 5) is 0. The van der Waals surface area contributed by atoms with Gasteiger partial charge in [-0.25, -0.2) is 0 Å². The molecule has 1 aliphatic carbocycles. The van der Waals surface area contributed by atoms with Gasteiger partial charge in [0.2, 0.25) is 0 Å². The smallest absolute Gasteiger partial charge is 0.125 e. The van der Waals surface area contributed by atoms with Gasteiger partial charge in [-0.3, -0.25) is 0 Å². The average molecular weight is 310 g/mol. The van der Waals surface area contributed by atoms with Crippen LogP contribution >= 0.6 is 11.6 Å². The minimum atomic E-state index is 0.379. The van der Waals surface area contributed by atoms with Gasteiger partial charge >= 0.3 is 0 Å². The SMILES string of the molecule is CCCNC(c1ccc(Cl)cc1OC)C1CCC(C)CC1. The highest BCUT2D eigenvalue weighted by Crippen LogP contribution is 2.40. The normalized spacial score (nSPS) is 23.8. The van der Waals surface area contributed by atoms with Gasteiger partial charge in [0, 0.05) is 16.6 Å². The summed E-state index contributed by atoms with van der Waals surface area (Å²) in [5.74, 6) is 2.48. The van der Waals surface area contributed by atoms with E-state index in [0.717, 1.165) is 29.7 Å². The minimum Gasteiger partial charge on any atom is -0.496 e. The Morgan fingerprint density at radius 3 is 2.62 bits per heavy atom. The quantitative estimate of drug-likeness (QED) is 0.778. The van der Waals surface area contributed by atoms with E-state index < -0.39 is 0 Å². The van der Waals surface area contributed by atoms with Crippen molar-refractivity contribution in [3.63, 3.8) is 0 Å². The van der Waals surface area contributed by atoms with E-state index in [1.165, 1.54) is 31.2 Å². The first-order valence-electron chi connectivity index (χ1n) is 8.22. The zero-order valence-electron chi connectivity index (χ0n) is 13.5. The van der Waals surface area contributed by atoms with Crippen LogP contribution in [-0.4, -0.2) is 13.7 Å². The molecule has 0 amide bonds. The predicted molar refractivity (Wildman–Crippen MR) is 90.2 cm³/mol. The van der Waals surface area contributed by atoms with E-state index in [4.69, 9.17) is 16.3 Å². The Morgan fingerprint density at radius 1 is 1.29 bits per heavy atom. The van der Waals surface area contributed by atoms with Crippen molar-refractivity contribution in [1.82, 2.24) is 5.32 Å². The van der Waals surface area contributed by atoms with Crippen LogP contribution in [0.25, 0.3) is 0 Å². The number of hydrogen-bond acceptors (Lipinski definition) is 2. The lowest BCUT2D eigenvalue weighted by Crippen LogP contribution is -2.31. The molecule has 1 aromatic carbocycles. The third kappa shape index (κ3) is 4.37. The van der Waals surface area contributed by atoms with Crippen LogP contribution in [0, 0.1) is 11.8 Å².